The topological polar surface area (TPSA) is 25.2 Å². The molecule has 1 aromatic heterocycles. The Morgan fingerprint density at radius 3 is 2.71 bits per heavy atom. The summed E-state index contributed by atoms with van der Waals surface area (Å²) < 4.78 is 7.05. The lowest BCUT2D eigenvalue weighted by Crippen LogP contribution is -2.17. The van der Waals surface area contributed by atoms with Gasteiger partial charge in [-0.05, 0) is 59.5 Å². The standard InChI is InChI=1S/C14H16INO/c1-3-12-7-8-13(17-12)14(16-2)10-5-4-6-11(15)9-10/h4-9,14,16H,3H2,1-2H3. The maximum atomic E-state index is 5.82. The Labute approximate surface area is 116 Å². The summed E-state index contributed by atoms with van der Waals surface area (Å²) in [4.78, 5) is 0. The van der Waals surface area contributed by atoms with Crippen LogP contribution in [0.2, 0.25) is 0 Å². The molecule has 0 radical (unpaired) electrons. The van der Waals surface area contributed by atoms with Crippen LogP contribution in [-0.4, -0.2) is 7.05 Å². The number of aryl methyl sites for hydroxylation is 1. The zero-order valence-corrected chi connectivity index (χ0v) is 12.2. The molecule has 0 saturated carbocycles. The van der Waals surface area contributed by atoms with Gasteiger partial charge in [0.2, 0.25) is 0 Å². The van der Waals surface area contributed by atoms with Crippen LogP contribution in [0.25, 0.3) is 0 Å². The first kappa shape index (κ1) is 12.6. The second-order valence-electron chi connectivity index (χ2n) is 3.93. The number of nitrogens with one attached hydrogen (secondary N) is 1. The van der Waals surface area contributed by atoms with Crippen LogP contribution in [0.5, 0.6) is 0 Å². The van der Waals surface area contributed by atoms with Gasteiger partial charge in [-0.1, -0.05) is 19.1 Å². The SMILES string of the molecule is CCc1ccc(C(NC)c2cccc(I)c2)o1. The van der Waals surface area contributed by atoms with Gasteiger partial charge >= 0.3 is 0 Å². The number of hydrogen-bond donors (Lipinski definition) is 1. The van der Waals surface area contributed by atoms with E-state index >= 15 is 0 Å². The maximum absolute atomic E-state index is 5.82. The summed E-state index contributed by atoms with van der Waals surface area (Å²) in [6.45, 7) is 2.10. The molecule has 1 heterocycles. The van der Waals surface area contributed by atoms with Crippen molar-refractivity contribution in [3.8, 4) is 0 Å². The third-order valence-electron chi connectivity index (χ3n) is 2.79. The van der Waals surface area contributed by atoms with Crippen molar-refractivity contribution in [3.63, 3.8) is 0 Å². The van der Waals surface area contributed by atoms with Gasteiger partial charge in [-0.25, -0.2) is 0 Å². The lowest BCUT2D eigenvalue weighted by molar-refractivity contribution is 0.434. The predicted octanol–water partition coefficient (Wildman–Crippen LogP) is 3.76. The van der Waals surface area contributed by atoms with E-state index in [1.54, 1.807) is 0 Å². The molecular weight excluding hydrogens is 325 g/mol. The molecule has 0 aliphatic heterocycles. The summed E-state index contributed by atoms with van der Waals surface area (Å²) in [5.74, 6) is 2.01. The maximum Gasteiger partial charge on any atom is 0.125 e. The van der Waals surface area contributed by atoms with E-state index in [1.165, 1.54) is 9.13 Å². The second kappa shape index (κ2) is 5.69. The van der Waals surface area contributed by atoms with Crippen LogP contribution in [-0.2, 0) is 6.42 Å². The van der Waals surface area contributed by atoms with Gasteiger partial charge in [0.1, 0.15) is 11.5 Å². The molecule has 0 amide bonds. The highest BCUT2D eigenvalue weighted by atomic mass is 127. The first-order chi connectivity index (χ1) is 8.24. The van der Waals surface area contributed by atoms with E-state index in [2.05, 4.69) is 65.2 Å². The number of halogens is 1. The van der Waals surface area contributed by atoms with Crippen LogP contribution < -0.4 is 5.32 Å². The smallest absolute Gasteiger partial charge is 0.125 e. The Kier molecular flexibility index (Phi) is 4.23. The van der Waals surface area contributed by atoms with Crippen LogP contribution in [0.15, 0.2) is 40.8 Å². The van der Waals surface area contributed by atoms with Crippen LogP contribution in [0.1, 0.15) is 30.0 Å². The highest BCUT2D eigenvalue weighted by Crippen LogP contribution is 2.25. The summed E-state index contributed by atoms with van der Waals surface area (Å²) in [5.41, 5.74) is 1.23. The van der Waals surface area contributed by atoms with E-state index in [9.17, 15) is 0 Å². The first-order valence-electron chi connectivity index (χ1n) is 5.76. The van der Waals surface area contributed by atoms with Gasteiger partial charge < -0.3 is 9.73 Å². The summed E-state index contributed by atoms with van der Waals surface area (Å²) in [6.07, 6.45) is 0.933. The van der Waals surface area contributed by atoms with Crippen molar-refractivity contribution in [1.82, 2.24) is 5.32 Å². The Hall–Kier alpha value is -0.810. The quantitative estimate of drug-likeness (QED) is 0.857. The van der Waals surface area contributed by atoms with Gasteiger partial charge in [0.05, 0.1) is 6.04 Å². The molecule has 2 aromatic rings. The fourth-order valence-electron chi connectivity index (χ4n) is 1.90. The van der Waals surface area contributed by atoms with E-state index in [-0.39, 0.29) is 6.04 Å². The third-order valence-corrected chi connectivity index (χ3v) is 3.46. The molecule has 0 fully saturated rings. The zero-order chi connectivity index (χ0) is 12.3. The van der Waals surface area contributed by atoms with Crippen LogP contribution in [0, 0.1) is 3.57 Å². The lowest BCUT2D eigenvalue weighted by atomic mass is 10.1. The Bertz CT molecular complexity index is 492. The number of furan rings is 1. The van der Waals surface area contributed by atoms with Gasteiger partial charge in [0.15, 0.2) is 0 Å². The minimum absolute atomic E-state index is 0.130. The monoisotopic (exact) mass is 341 g/mol. The van der Waals surface area contributed by atoms with Gasteiger partial charge in [-0.15, -0.1) is 0 Å². The fraction of sp³-hybridized carbons (Fsp3) is 0.286. The third kappa shape index (κ3) is 2.90. The molecule has 0 aliphatic rings. The van der Waals surface area contributed by atoms with Crippen LogP contribution in [0.3, 0.4) is 0 Å². The molecule has 0 bridgehead atoms. The van der Waals surface area contributed by atoms with Crippen molar-refractivity contribution < 1.29 is 4.42 Å². The Balaban J connectivity index is 2.33. The number of hydrogen-bond acceptors (Lipinski definition) is 2. The van der Waals surface area contributed by atoms with Crippen molar-refractivity contribution in [3.05, 3.63) is 57.1 Å². The molecule has 2 rings (SSSR count). The molecule has 1 unspecified atom stereocenters. The molecule has 2 nitrogen and oxygen atoms in total. The summed E-state index contributed by atoms with van der Waals surface area (Å²) in [5, 5.41) is 3.30. The average Bonchev–Trinajstić information content (AvgIpc) is 2.79. The normalized spacial score (nSPS) is 12.6. The summed E-state index contributed by atoms with van der Waals surface area (Å²) in [7, 11) is 1.96. The minimum Gasteiger partial charge on any atom is -0.464 e. The minimum atomic E-state index is 0.130. The second-order valence-corrected chi connectivity index (χ2v) is 5.18. The highest BCUT2D eigenvalue weighted by Gasteiger charge is 2.15. The number of benzene rings is 1. The van der Waals surface area contributed by atoms with E-state index in [0.29, 0.717) is 0 Å². The molecule has 1 aromatic carbocycles. The van der Waals surface area contributed by atoms with E-state index in [4.69, 9.17) is 4.42 Å². The van der Waals surface area contributed by atoms with Gasteiger partial charge in [0.25, 0.3) is 0 Å². The first-order valence-corrected chi connectivity index (χ1v) is 6.83. The summed E-state index contributed by atoms with van der Waals surface area (Å²) in [6, 6.07) is 12.7. The molecule has 1 N–H and O–H groups in total. The number of rotatable bonds is 4. The molecule has 3 heteroatoms. The van der Waals surface area contributed by atoms with Crippen LogP contribution >= 0.6 is 22.6 Å². The van der Waals surface area contributed by atoms with Crippen molar-refractivity contribution in [2.75, 3.05) is 7.05 Å². The molecule has 90 valence electrons. The van der Waals surface area contributed by atoms with Gasteiger partial charge in [-0.2, -0.15) is 0 Å². The van der Waals surface area contributed by atoms with Crippen molar-refractivity contribution in [2.45, 2.75) is 19.4 Å². The highest BCUT2D eigenvalue weighted by molar-refractivity contribution is 14.1. The van der Waals surface area contributed by atoms with E-state index < -0.39 is 0 Å². The molecule has 0 aliphatic carbocycles. The van der Waals surface area contributed by atoms with Crippen molar-refractivity contribution in [1.29, 1.82) is 0 Å². The van der Waals surface area contributed by atoms with Gasteiger partial charge in [-0.3, -0.25) is 0 Å². The molecular formula is C14H16INO. The lowest BCUT2D eigenvalue weighted by Gasteiger charge is -2.14. The summed E-state index contributed by atoms with van der Waals surface area (Å²) >= 11 is 2.33. The van der Waals surface area contributed by atoms with Crippen LogP contribution in [0.4, 0.5) is 0 Å². The average molecular weight is 341 g/mol. The predicted molar refractivity (Wildman–Crippen MR) is 78.1 cm³/mol. The Morgan fingerprint density at radius 1 is 1.29 bits per heavy atom. The largest absolute Gasteiger partial charge is 0.464 e. The van der Waals surface area contributed by atoms with E-state index in [0.717, 1.165) is 17.9 Å². The van der Waals surface area contributed by atoms with E-state index in [1.807, 2.05) is 13.1 Å². The fourth-order valence-corrected chi connectivity index (χ4v) is 2.47. The molecule has 17 heavy (non-hydrogen) atoms. The van der Waals surface area contributed by atoms with Gasteiger partial charge in [0, 0.05) is 9.99 Å². The molecule has 1 atom stereocenters. The van der Waals surface area contributed by atoms with Crippen molar-refractivity contribution >= 4 is 22.6 Å². The Morgan fingerprint density at radius 2 is 2.12 bits per heavy atom. The molecule has 0 spiro atoms. The molecule has 0 saturated heterocycles. The zero-order valence-electron chi connectivity index (χ0n) is 10.0. The van der Waals surface area contributed by atoms with Crippen molar-refractivity contribution in [2.24, 2.45) is 0 Å².